The third kappa shape index (κ3) is 4.07. The summed E-state index contributed by atoms with van der Waals surface area (Å²) >= 11 is 0. The second-order valence-electron chi connectivity index (χ2n) is 6.34. The average Bonchev–Trinajstić information content (AvgIpc) is 2.57. The Kier molecular flexibility index (Phi) is 5.03. The molecule has 1 saturated carbocycles. The van der Waals surface area contributed by atoms with E-state index < -0.39 is 0 Å². The fourth-order valence-corrected chi connectivity index (χ4v) is 3.05. The average molecular weight is 264 g/mol. The van der Waals surface area contributed by atoms with Gasteiger partial charge >= 0.3 is 0 Å². The van der Waals surface area contributed by atoms with Crippen molar-refractivity contribution in [2.75, 3.05) is 0 Å². The van der Waals surface area contributed by atoms with Gasteiger partial charge in [-0.15, -0.1) is 0 Å². The molecule has 3 nitrogen and oxygen atoms in total. The second kappa shape index (κ2) is 6.56. The van der Waals surface area contributed by atoms with Crippen molar-refractivity contribution >= 4 is 0 Å². The molecule has 1 N–H and O–H groups in total. The molecule has 0 amide bonds. The van der Waals surface area contributed by atoms with E-state index in [0.29, 0.717) is 6.04 Å². The predicted octanol–water partition coefficient (Wildman–Crippen LogP) is 3.99. The first-order chi connectivity index (χ1) is 9.06. The van der Waals surface area contributed by atoms with Crippen molar-refractivity contribution < 1.29 is 4.42 Å². The minimum Gasteiger partial charge on any atom is -0.444 e. The molecule has 19 heavy (non-hydrogen) atoms. The molecule has 1 aromatic heterocycles. The van der Waals surface area contributed by atoms with Crippen LogP contribution < -0.4 is 5.32 Å². The number of hydrogen-bond acceptors (Lipinski definition) is 3. The van der Waals surface area contributed by atoms with Crippen molar-refractivity contribution in [3.05, 3.63) is 17.3 Å². The molecule has 1 fully saturated rings. The fourth-order valence-electron chi connectivity index (χ4n) is 3.05. The van der Waals surface area contributed by atoms with Gasteiger partial charge in [0.1, 0.15) is 5.76 Å². The van der Waals surface area contributed by atoms with Crippen molar-refractivity contribution in [2.45, 2.75) is 72.4 Å². The van der Waals surface area contributed by atoms with Crippen LogP contribution in [0.2, 0.25) is 0 Å². The van der Waals surface area contributed by atoms with Crippen LogP contribution in [0, 0.1) is 25.7 Å². The molecule has 2 rings (SSSR count). The van der Waals surface area contributed by atoms with E-state index in [4.69, 9.17) is 4.42 Å². The summed E-state index contributed by atoms with van der Waals surface area (Å²) in [6.07, 6.45) is 6.69. The number of hydrogen-bond donors (Lipinski definition) is 1. The summed E-state index contributed by atoms with van der Waals surface area (Å²) in [5, 5.41) is 3.62. The fraction of sp³-hybridized carbons (Fsp3) is 0.812. The SMILES string of the molecule is Cc1nc(CNC2CCCC(C(C)C)CC2)oc1C. The summed E-state index contributed by atoms with van der Waals surface area (Å²) in [6, 6.07) is 0.635. The third-order valence-corrected chi connectivity index (χ3v) is 4.57. The molecule has 1 aliphatic carbocycles. The Hall–Kier alpha value is -0.830. The van der Waals surface area contributed by atoms with E-state index in [9.17, 15) is 0 Å². The van der Waals surface area contributed by atoms with Gasteiger partial charge in [-0.05, 0) is 44.9 Å². The molecule has 2 atom stereocenters. The molecule has 3 heteroatoms. The largest absolute Gasteiger partial charge is 0.444 e. The topological polar surface area (TPSA) is 38.1 Å². The highest BCUT2D eigenvalue weighted by Crippen LogP contribution is 2.28. The lowest BCUT2D eigenvalue weighted by Crippen LogP contribution is -2.28. The van der Waals surface area contributed by atoms with E-state index in [2.05, 4.69) is 24.1 Å². The van der Waals surface area contributed by atoms with E-state index in [1.54, 1.807) is 0 Å². The Morgan fingerprint density at radius 1 is 1.21 bits per heavy atom. The van der Waals surface area contributed by atoms with Crippen molar-refractivity contribution in [1.29, 1.82) is 0 Å². The number of oxazole rings is 1. The minimum absolute atomic E-state index is 0.635. The zero-order chi connectivity index (χ0) is 13.8. The van der Waals surface area contributed by atoms with Crippen molar-refractivity contribution in [1.82, 2.24) is 10.3 Å². The molecule has 1 aliphatic rings. The Labute approximate surface area is 117 Å². The van der Waals surface area contributed by atoms with E-state index >= 15 is 0 Å². The highest BCUT2D eigenvalue weighted by Gasteiger charge is 2.21. The molecule has 1 aromatic rings. The number of aromatic nitrogens is 1. The number of rotatable bonds is 4. The van der Waals surface area contributed by atoms with Crippen molar-refractivity contribution in [3.8, 4) is 0 Å². The summed E-state index contributed by atoms with van der Waals surface area (Å²) < 4.78 is 5.62. The van der Waals surface area contributed by atoms with Crippen LogP contribution in [0.1, 0.15) is 63.3 Å². The molecule has 0 radical (unpaired) electrons. The molecule has 0 bridgehead atoms. The Morgan fingerprint density at radius 3 is 2.63 bits per heavy atom. The summed E-state index contributed by atoms with van der Waals surface area (Å²) in [7, 11) is 0. The molecule has 2 unspecified atom stereocenters. The van der Waals surface area contributed by atoms with Crippen molar-refractivity contribution in [3.63, 3.8) is 0 Å². The minimum atomic E-state index is 0.635. The van der Waals surface area contributed by atoms with E-state index in [1.165, 1.54) is 32.1 Å². The number of nitrogens with one attached hydrogen (secondary N) is 1. The zero-order valence-electron chi connectivity index (χ0n) is 12.8. The number of aryl methyl sites for hydroxylation is 2. The Balaban J connectivity index is 1.80. The van der Waals surface area contributed by atoms with E-state index in [1.807, 2.05) is 13.8 Å². The lowest BCUT2D eigenvalue weighted by atomic mass is 9.89. The predicted molar refractivity (Wildman–Crippen MR) is 78.0 cm³/mol. The highest BCUT2D eigenvalue weighted by atomic mass is 16.4. The van der Waals surface area contributed by atoms with Gasteiger partial charge < -0.3 is 9.73 Å². The molecule has 1 heterocycles. The summed E-state index contributed by atoms with van der Waals surface area (Å²) in [5.41, 5.74) is 1.01. The van der Waals surface area contributed by atoms with Gasteiger partial charge in [-0.25, -0.2) is 4.98 Å². The Bertz CT molecular complexity index is 378. The highest BCUT2D eigenvalue weighted by molar-refractivity contribution is 5.05. The number of nitrogens with zero attached hydrogens (tertiary/aromatic N) is 1. The van der Waals surface area contributed by atoms with Crippen LogP contribution in [0.3, 0.4) is 0 Å². The zero-order valence-corrected chi connectivity index (χ0v) is 12.8. The monoisotopic (exact) mass is 264 g/mol. The standard InChI is InChI=1S/C16H28N2O/c1-11(2)14-6-5-7-15(9-8-14)17-10-16-18-12(3)13(4)19-16/h11,14-15,17H,5-10H2,1-4H3. The maximum atomic E-state index is 5.62. The van der Waals surface area contributed by atoms with Crippen LogP contribution in [0.25, 0.3) is 0 Å². The summed E-state index contributed by atoms with van der Waals surface area (Å²) in [6.45, 7) is 9.46. The smallest absolute Gasteiger partial charge is 0.208 e. The molecule has 0 aliphatic heterocycles. The molecule has 0 spiro atoms. The first-order valence-electron chi connectivity index (χ1n) is 7.72. The van der Waals surface area contributed by atoms with Gasteiger partial charge in [-0.3, -0.25) is 0 Å². The van der Waals surface area contributed by atoms with Crippen LogP contribution in [-0.4, -0.2) is 11.0 Å². The molecular weight excluding hydrogens is 236 g/mol. The Morgan fingerprint density at radius 2 is 2.00 bits per heavy atom. The van der Waals surface area contributed by atoms with E-state index in [0.717, 1.165) is 35.7 Å². The quantitative estimate of drug-likeness (QED) is 0.836. The van der Waals surface area contributed by atoms with Crippen LogP contribution in [0.15, 0.2) is 4.42 Å². The van der Waals surface area contributed by atoms with Gasteiger partial charge in [0.25, 0.3) is 0 Å². The van der Waals surface area contributed by atoms with Crippen LogP contribution >= 0.6 is 0 Å². The van der Waals surface area contributed by atoms with Gasteiger partial charge in [0, 0.05) is 6.04 Å². The molecule has 0 saturated heterocycles. The van der Waals surface area contributed by atoms with Crippen molar-refractivity contribution in [2.24, 2.45) is 11.8 Å². The molecule has 0 aromatic carbocycles. The maximum absolute atomic E-state index is 5.62. The van der Waals surface area contributed by atoms with Crippen LogP contribution in [-0.2, 0) is 6.54 Å². The molecule has 108 valence electrons. The third-order valence-electron chi connectivity index (χ3n) is 4.57. The van der Waals surface area contributed by atoms with Gasteiger partial charge in [0.15, 0.2) is 0 Å². The summed E-state index contributed by atoms with van der Waals surface area (Å²) in [5.74, 6) is 3.52. The van der Waals surface area contributed by atoms with Gasteiger partial charge in [-0.1, -0.05) is 26.7 Å². The normalized spacial score (nSPS) is 24.7. The van der Waals surface area contributed by atoms with Gasteiger partial charge in [0.2, 0.25) is 5.89 Å². The lowest BCUT2D eigenvalue weighted by Gasteiger charge is -2.18. The summed E-state index contributed by atoms with van der Waals surface area (Å²) in [4.78, 5) is 4.43. The van der Waals surface area contributed by atoms with Crippen LogP contribution in [0.4, 0.5) is 0 Å². The first-order valence-corrected chi connectivity index (χ1v) is 7.72. The first kappa shape index (κ1) is 14.6. The van der Waals surface area contributed by atoms with Gasteiger partial charge in [-0.2, -0.15) is 0 Å². The lowest BCUT2D eigenvalue weighted by molar-refractivity contribution is 0.336. The van der Waals surface area contributed by atoms with E-state index in [-0.39, 0.29) is 0 Å². The van der Waals surface area contributed by atoms with Crippen LogP contribution in [0.5, 0.6) is 0 Å². The maximum Gasteiger partial charge on any atom is 0.208 e. The molecular formula is C16H28N2O. The van der Waals surface area contributed by atoms with Gasteiger partial charge in [0.05, 0.1) is 12.2 Å². The second-order valence-corrected chi connectivity index (χ2v) is 6.34.